The largest absolute Gasteiger partial charge is 0.465 e. The highest BCUT2D eigenvalue weighted by Gasteiger charge is 2.32. The lowest BCUT2D eigenvalue weighted by Crippen LogP contribution is -2.45. The number of carbonyl (C=O) groups is 1. The van der Waals surface area contributed by atoms with Gasteiger partial charge in [0.2, 0.25) is 0 Å². The first-order valence-electron chi connectivity index (χ1n) is 7.69. The van der Waals surface area contributed by atoms with Crippen molar-refractivity contribution in [2.75, 3.05) is 18.9 Å². The summed E-state index contributed by atoms with van der Waals surface area (Å²) in [6, 6.07) is 2.99. The van der Waals surface area contributed by atoms with Gasteiger partial charge >= 0.3 is 12.1 Å². The SMILES string of the molecule is CCOC(=O)C1CCCCN1Cc1ccc(C(F)(F)F)cc1N. The van der Waals surface area contributed by atoms with Crippen LogP contribution in [0, 0.1) is 0 Å². The highest BCUT2D eigenvalue weighted by Crippen LogP contribution is 2.32. The summed E-state index contributed by atoms with van der Waals surface area (Å²) in [6.45, 7) is 3.10. The van der Waals surface area contributed by atoms with Crippen LogP contribution in [-0.4, -0.2) is 30.1 Å². The smallest absolute Gasteiger partial charge is 0.416 e. The number of rotatable bonds is 4. The van der Waals surface area contributed by atoms with E-state index in [0.717, 1.165) is 25.0 Å². The predicted molar refractivity (Wildman–Crippen MR) is 80.5 cm³/mol. The standard InChI is InChI=1S/C16H21F3N2O2/c1-2-23-15(22)14-5-3-4-8-21(14)10-11-6-7-12(9-13(11)20)16(17,18)19/h6-7,9,14H,2-5,8,10,20H2,1H3. The summed E-state index contributed by atoms with van der Waals surface area (Å²) in [5.74, 6) is -0.280. The van der Waals surface area contributed by atoms with Crippen molar-refractivity contribution in [1.29, 1.82) is 0 Å². The van der Waals surface area contributed by atoms with Gasteiger partial charge in [-0.3, -0.25) is 9.69 Å². The molecule has 1 heterocycles. The molecule has 1 aromatic carbocycles. The van der Waals surface area contributed by atoms with E-state index in [2.05, 4.69) is 0 Å². The van der Waals surface area contributed by atoms with Crippen molar-refractivity contribution < 1.29 is 22.7 Å². The van der Waals surface area contributed by atoms with E-state index in [-0.39, 0.29) is 17.7 Å². The van der Waals surface area contributed by atoms with Gasteiger partial charge in [0.05, 0.1) is 12.2 Å². The first kappa shape index (κ1) is 17.6. The fourth-order valence-corrected chi connectivity index (χ4v) is 2.82. The van der Waals surface area contributed by atoms with Gasteiger partial charge in [0, 0.05) is 12.2 Å². The van der Waals surface area contributed by atoms with Gasteiger partial charge in [-0.25, -0.2) is 0 Å². The van der Waals surface area contributed by atoms with Crippen LogP contribution in [0.3, 0.4) is 0 Å². The number of ether oxygens (including phenoxy) is 1. The Morgan fingerprint density at radius 2 is 2.13 bits per heavy atom. The summed E-state index contributed by atoms with van der Waals surface area (Å²) in [6.07, 6.45) is -1.84. The number of alkyl halides is 3. The number of benzene rings is 1. The third-order valence-electron chi connectivity index (χ3n) is 4.02. The highest BCUT2D eigenvalue weighted by molar-refractivity contribution is 5.76. The Bertz CT molecular complexity index is 561. The van der Waals surface area contributed by atoms with Gasteiger partial charge < -0.3 is 10.5 Å². The second-order valence-corrected chi connectivity index (χ2v) is 5.65. The quantitative estimate of drug-likeness (QED) is 0.680. The number of nitrogens with zero attached hydrogens (tertiary/aromatic N) is 1. The van der Waals surface area contributed by atoms with Crippen LogP contribution in [0.2, 0.25) is 0 Å². The minimum Gasteiger partial charge on any atom is -0.465 e. The third-order valence-corrected chi connectivity index (χ3v) is 4.02. The molecule has 1 fully saturated rings. The number of esters is 1. The van der Waals surface area contributed by atoms with Crippen LogP contribution < -0.4 is 5.73 Å². The average Bonchev–Trinajstić information content (AvgIpc) is 2.49. The molecule has 1 saturated heterocycles. The van der Waals surface area contributed by atoms with Gasteiger partial charge in [0.1, 0.15) is 6.04 Å². The monoisotopic (exact) mass is 330 g/mol. The molecule has 0 bridgehead atoms. The molecule has 128 valence electrons. The van der Waals surface area contributed by atoms with Crippen LogP contribution in [0.4, 0.5) is 18.9 Å². The predicted octanol–water partition coefficient (Wildman–Crippen LogP) is 3.21. The summed E-state index contributed by atoms with van der Waals surface area (Å²) in [7, 11) is 0. The van der Waals surface area contributed by atoms with Crippen molar-refractivity contribution in [3.05, 3.63) is 29.3 Å². The van der Waals surface area contributed by atoms with E-state index >= 15 is 0 Å². The van der Waals surface area contributed by atoms with Crippen LogP contribution in [0.25, 0.3) is 0 Å². The highest BCUT2D eigenvalue weighted by atomic mass is 19.4. The molecule has 1 unspecified atom stereocenters. The fraction of sp³-hybridized carbons (Fsp3) is 0.562. The van der Waals surface area contributed by atoms with Crippen molar-refractivity contribution in [1.82, 2.24) is 4.90 Å². The van der Waals surface area contributed by atoms with Crippen LogP contribution in [0.15, 0.2) is 18.2 Å². The zero-order chi connectivity index (χ0) is 17.0. The molecule has 2 rings (SSSR count). The second-order valence-electron chi connectivity index (χ2n) is 5.65. The summed E-state index contributed by atoms with van der Waals surface area (Å²) in [5, 5.41) is 0. The van der Waals surface area contributed by atoms with E-state index in [1.54, 1.807) is 6.92 Å². The minimum absolute atomic E-state index is 0.0907. The Balaban J connectivity index is 2.14. The molecule has 4 nitrogen and oxygen atoms in total. The lowest BCUT2D eigenvalue weighted by molar-refractivity contribution is -0.151. The van der Waals surface area contributed by atoms with E-state index in [1.165, 1.54) is 6.07 Å². The molecule has 23 heavy (non-hydrogen) atoms. The third kappa shape index (κ3) is 4.37. The molecular formula is C16H21F3N2O2. The molecule has 1 atom stereocenters. The maximum atomic E-state index is 12.7. The zero-order valence-electron chi connectivity index (χ0n) is 13.0. The van der Waals surface area contributed by atoms with Gasteiger partial charge in [0.15, 0.2) is 0 Å². The number of hydrogen-bond donors (Lipinski definition) is 1. The van der Waals surface area contributed by atoms with Gasteiger partial charge in [-0.2, -0.15) is 13.2 Å². The van der Waals surface area contributed by atoms with Crippen molar-refractivity contribution in [2.45, 2.75) is 44.9 Å². The number of hydrogen-bond acceptors (Lipinski definition) is 4. The molecular weight excluding hydrogens is 309 g/mol. The summed E-state index contributed by atoms with van der Waals surface area (Å²) in [5.41, 5.74) is 5.69. The molecule has 0 radical (unpaired) electrons. The van der Waals surface area contributed by atoms with Gasteiger partial charge in [-0.05, 0) is 44.0 Å². The zero-order valence-corrected chi connectivity index (χ0v) is 13.0. The maximum absolute atomic E-state index is 12.7. The maximum Gasteiger partial charge on any atom is 0.416 e. The summed E-state index contributed by atoms with van der Waals surface area (Å²) in [4.78, 5) is 14.0. The van der Waals surface area contributed by atoms with E-state index in [1.807, 2.05) is 4.90 Å². The number of nitrogens with two attached hydrogens (primary N) is 1. The van der Waals surface area contributed by atoms with Crippen LogP contribution in [-0.2, 0) is 22.3 Å². The molecule has 1 aromatic rings. The van der Waals surface area contributed by atoms with Gasteiger partial charge in [0.25, 0.3) is 0 Å². The number of anilines is 1. The number of likely N-dealkylation sites (tertiary alicyclic amines) is 1. The average molecular weight is 330 g/mol. The van der Waals surface area contributed by atoms with E-state index < -0.39 is 11.7 Å². The Morgan fingerprint density at radius 1 is 1.39 bits per heavy atom. The van der Waals surface area contributed by atoms with Crippen molar-refractivity contribution in [3.63, 3.8) is 0 Å². The molecule has 0 aliphatic carbocycles. The van der Waals surface area contributed by atoms with Gasteiger partial charge in [-0.1, -0.05) is 12.5 Å². The second kappa shape index (κ2) is 7.21. The lowest BCUT2D eigenvalue weighted by atomic mass is 10.0. The molecule has 7 heteroatoms. The number of carbonyl (C=O) groups excluding carboxylic acids is 1. The first-order chi connectivity index (χ1) is 10.8. The molecule has 0 saturated carbocycles. The molecule has 0 amide bonds. The summed E-state index contributed by atoms with van der Waals surface area (Å²) >= 11 is 0. The minimum atomic E-state index is -4.41. The molecule has 2 N–H and O–H groups in total. The van der Waals surface area contributed by atoms with Crippen LogP contribution >= 0.6 is 0 Å². The Morgan fingerprint density at radius 3 is 2.74 bits per heavy atom. The Labute approximate surface area is 133 Å². The molecule has 1 aliphatic heterocycles. The Kier molecular flexibility index (Phi) is 5.51. The van der Waals surface area contributed by atoms with Crippen LogP contribution in [0.1, 0.15) is 37.3 Å². The van der Waals surface area contributed by atoms with E-state index in [9.17, 15) is 18.0 Å². The first-order valence-corrected chi connectivity index (χ1v) is 7.69. The fourth-order valence-electron chi connectivity index (χ4n) is 2.82. The number of piperidine rings is 1. The normalized spacial score (nSPS) is 19.6. The number of nitrogen functional groups attached to an aromatic ring is 1. The molecule has 1 aliphatic rings. The van der Waals surface area contributed by atoms with Crippen molar-refractivity contribution >= 4 is 11.7 Å². The lowest BCUT2D eigenvalue weighted by Gasteiger charge is -2.34. The van der Waals surface area contributed by atoms with E-state index in [0.29, 0.717) is 31.7 Å². The topological polar surface area (TPSA) is 55.6 Å². The van der Waals surface area contributed by atoms with E-state index in [4.69, 9.17) is 10.5 Å². The Hall–Kier alpha value is -1.76. The van der Waals surface area contributed by atoms with Crippen LogP contribution in [0.5, 0.6) is 0 Å². The van der Waals surface area contributed by atoms with Crippen molar-refractivity contribution in [2.24, 2.45) is 0 Å². The molecule has 0 aromatic heterocycles. The molecule has 0 spiro atoms. The summed E-state index contributed by atoms with van der Waals surface area (Å²) < 4.78 is 43.1. The van der Waals surface area contributed by atoms with Gasteiger partial charge in [-0.15, -0.1) is 0 Å². The van der Waals surface area contributed by atoms with Crippen molar-refractivity contribution in [3.8, 4) is 0 Å². The number of halogens is 3.